The standard InChI is InChI=1S/C7H8ClN3OS/c8-5-1-2-11(3-5)7(12)6-4-13-10-9-6/h4-5H,1-3H2. The van der Waals surface area contributed by atoms with Gasteiger partial charge in [-0.05, 0) is 18.0 Å². The van der Waals surface area contributed by atoms with Gasteiger partial charge in [0.25, 0.3) is 5.91 Å². The predicted octanol–water partition coefficient (Wildman–Crippen LogP) is 0.991. The van der Waals surface area contributed by atoms with Crippen LogP contribution in [-0.4, -0.2) is 38.9 Å². The van der Waals surface area contributed by atoms with Gasteiger partial charge in [0, 0.05) is 18.5 Å². The number of alkyl halides is 1. The topological polar surface area (TPSA) is 46.1 Å². The zero-order valence-electron chi connectivity index (χ0n) is 6.81. The van der Waals surface area contributed by atoms with Crippen molar-refractivity contribution in [2.24, 2.45) is 0 Å². The van der Waals surface area contributed by atoms with E-state index in [4.69, 9.17) is 11.6 Å². The maximum atomic E-state index is 11.6. The molecule has 1 atom stereocenters. The van der Waals surface area contributed by atoms with E-state index in [1.807, 2.05) is 0 Å². The molecule has 2 rings (SSSR count). The van der Waals surface area contributed by atoms with Crippen molar-refractivity contribution >= 4 is 29.0 Å². The lowest BCUT2D eigenvalue weighted by molar-refractivity contribution is 0.0787. The molecule has 0 N–H and O–H groups in total. The molecule has 4 nitrogen and oxygen atoms in total. The Morgan fingerprint density at radius 2 is 2.62 bits per heavy atom. The molecular weight excluding hydrogens is 210 g/mol. The number of rotatable bonds is 1. The van der Waals surface area contributed by atoms with E-state index in [1.165, 1.54) is 11.5 Å². The van der Waals surface area contributed by atoms with Gasteiger partial charge in [0.2, 0.25) is 0 Å². The van der Waals surface area contributed by atoms with Crippen LogP contribution in [0.15, 0.2) is 5.38 Å². The van der Waals surface area contributed by atoms with E-state index < -0.39 is 0 Å². The van der Waals surface area contributed by atoms with Gasteiger partial charge >= 0.3 is 0 Å². The van der Waals surface area contributed by atoms with Crippen molar-refractivity contribution in [3.8, 4) is 0 Å². The lowest BCUT2D eigenvalue weighted by Crippen LogP contribution is -2.29. The number of hydrogen-bond donors (Lipinski definition) is 0. The molecule has 0 radical (unpaired) electrons. The molecule has 1 fully saturated rings. The molecule has 1 aromatic rings. The summed E-state index contributed by atoms with van der Waals surface area (Å²) in [7, 11) is 0. The molecule has 1 amide bonds. The summed E-state index contributed by atoms with van der Waals surface area (Å²) in [5, 5.41) is 5.47. The molecule has 0 saturated carbocycles. The average Bonchev–Trinajstić information content (AvgIpc) is 2.72. The number of carbonyl (C=O) groups is 1. The molecule has 1 unspecified atom stereocenters. The van der Waals surface area contributed by atoms with Crippen molar-refractivity contribution in [3.05, 3.63) is 11.1 Å². The largest absolute Gasteiger partial charge is 0.336 e. The number of likely N-dealkylation sites (tertiary alicyclic amines) is 1. The molecule has 0 aromatic carbocycles. The second kappa shape index (κ2) is 3.59. The van der Waals surface area contributed by atoms with Crippen LogP contribution in [0.2, 0.25) is 0 Å². The lowest BCUT2D eigenvalue weighted by Gasteiger charge is -2.12. The highest BCUT2D eigenvalue weighted by molar-refractivity contribution is 7.03. The van der Waals surface area contributed by atoms with E-state index in [0.29, 0.717) is 12.2 Å². The first-order chi connectivity index (χ1) is 6.27. The Morgan fingerprint density at radius 3 is 3.15 bits per heavy atom. The predicted molar refractivity (Wildman–Crippen MR) is 50.1 cm³/mol. The summed E-state index contributed by atoms with van der Waals surface area (Å²) in [6.07, 6.45) is 0.866. The fraction of sp³-hybridized carbons (Fsp3) is 0.571. The summed E-state index contributed by atoms with van der Waals surface area (Å²) < 4.78 is 3.64. The van der Waals surface area contributed by atoms with Gasteiger partial charge in [-0.3, -0.25) is 4.79 Å². The van der Waals surface area contributed by atoms with E-state index in [2.05, 4.69) is 9.59 Å². The molecule has 1 aliphatic rings. The van der Waals surface area contributed by atoms with Crippen molar-refractivity contribution in [2.75, 3.05) is 13.1 Å². The van der Waals surface area contributed by atoms with Crippen LogP contribution in [-0.2, 0) is 0 Å². The van der Waals surface area contributed by atoms with Gasteiger partial charge in [0.1, 0.15) is 0 Å². The third kappa shape index (κ3) is 1.81. The number of hydrogen-bond acceptors (Lipinski definition) is 4. The quantitative estimate of drug-likeness (QED) is 0.660. The van der Waals surface area contributed by atoms with Gasteiger partial charge in [-0.1, -0.05) is 4.49 Å². The molecule has 0 bridgehead atoms. The van der Waals surface area contributed by atoms with Crippen molar-refractivity contribution in [1.82, 2.24) is 14.5 Å². The average molecular weight is 218 g/mol. The Kier molecular flexibility index (Phi) is 2.46. The first-order valence-electron chi connectivity index (χ1n) is 3.98. The maximum Gasteiger partial charge on any atom is 0.275 e. The molecule has 1 aromatic heterocycles. The van der Waals surface area contributed by atoms with Crippen LogP contribution in [0.25, 0.3) is 0 Å². The minimum Gasteiger partial charge on any atom is -0.336 e. The highest BCUT2D eigenvalue weighted by Gasteiger charge is 2.26. The van der Waals surface area contributed by atoms with Crippen LogP contribution in [0, 0.1) is 0 Å². The van der Waals surface area contributed by atoms with Crippen LogP contribution >= 0.6 is 23.1 Å². The SMILES string of the molecule is O=C(c1csnn1)N1CCC(Cl)C1. The molecule has 0 spiro atoms. The van der Waals surface area contributed by atoms with Gasteiger partial charge in [0.05, 0.1) is 5.38 Å². The molecule has 2 heterocycles. The second-order valence-corrected chi connectivity index (χ2v) is 4.15. The first kappa shape index (κ1) is 8.90. The van der Waals surface area contributed by atoms with Gasteiger partial charge in [0.15, 0.2) is 5.69 Å². The van der Waals surface area contributed by atoms with Crippen LogP contribution in [0.4, 0.5) is 0 Å². The number of amides is 1. The molecule has 70 valence electrons. The monoisotopic (exact) mass is 217 g/mol. The van der Waals surface area contributed by atoms with E-state index in [-0.39, 0.29) is 11.3 Å². The summed E-state index contributed by atoms with van der Waals surface area (Å²) in [6.45, 7) is 1.35. The Bertz CT molecular complexity index is 303. The van der Waals surface area contributed by atoms with Gasteiger partial charge in [-0.25, -0.2) is 0 Å². The van der Waals surface area contributed by atoms with E-state index in [1.54, 1.807) is 10.3 Å². The Labute approximate surface area is 84.7 Å². The van der Waals surface area contributed by atoms with Crippen molar-refractivity contribution in [1.29, 1.82) is 0 Å². The summed E-state index contributed by atoms with van der Waals surface area (Å²) in [4.78, 5) is 13.3. The second-order valence-electron chi connectivity index (χ2n) is 2.93. The van der Waals surface area contributed by atoms with Crippen LogP contribution in [0.5, 0.6) is 0 Å². The highest BCUT2D eigenvalue weighted by Crippen LogP contribution is 2.16. The summed E-state index contributed by atoms with van der Waals surface area (Å²) in [6, 6.07) is 0. The van der Waals surface area contributed by atoms with Crippen LogP contribution < -0.4 is 0 Å². The number of carbonyl (C=O) groups excluding carboxylic acids is 1. The molecular formula is C7H8ClN3OS. The van der Waals surface area contributed by atoms with Crippen molar-refractivity contribution in [2.45, 2.75) is 11.8 Å². The Morgan fingerprint density at radius 1 is 1.77 bits per heavy atom. The number of nitrogens with zero attached hydrogens (tertiary/aromatic N) is 3. The molecule has 13 heavy (non-hydrogen) atoms. The van der Waals surface area contributed by atoms with E-state index in [0.717, 1.165) is 13.0 Å². The zero-order chi connectivity index (χ0) is 9.26. The van der Waals surface area contributed by atoms with Gasteiger partial charge in [-0.2, -0.15) is 0 Å². The maximum absolute atomic E-state index is 11.6. The van der Waals surface area contributed by atoms with Crippen molar-refractivity contribution < 1.29 is 4.79 Å². The minimum atomic E-state index is -0.0584. The van der Waals surface area contributed by atoms with E-state index >= 15 is 0 Å². The van der Waals surface area contributed by atoms with E-state index in [9.17, 15) is 4.79 Å². The third-order valence-electron chi connectivity index (χ3n) is 2.00. The van der Waals surface area contributed by atoms with Gasteiger partial charge in [-0.15, -0.1) is 16.7 Å². The van der Waals surface area contributed by atoms with Crippen LogP contribution in [0.1, 0.15) is 16.9 Å². The Balaban J connectivity index is 2.06. The molecule has 1 saturated heterocycles. The Hall–Kier alpha value is -0.680. The molecule has 0 aliphatic carbocycles. The lowest BCUT2D eigenvalue weighted by atomic mass is 10.4. The van der Waals surface area contributed by atoms with Crippen molar-refractivity contribution in [3.63, 3.8) is 0 Å². The zero-order valence-corrected chi connectivity index (χ0v) is 8.38. The molecule has 6 heteroatoms. The molecule has 1 aliphatic heterocycles. The smallest absolute Gasteiger partial charge is 0.275 e. The number of aromatic nitrogens is 2. The highest BCUT2D eigenvalue weighted by atomic mass is 35.5. The first-order valence-corrected chi connectivity index (χ1v) is 5.25. The van der Waals surface area contributed by atoms with Gasteiger partial charge < -0.3 is 4.90 Å². The fourth-order valence-electron chi connectivity index (χ4n) is 1.32. The summed E-state index contributed by atoms with van der Waals surface area (Å²) in [5.74, 6) is -0.0584. The number of halogens is 1. The summed E-state index contributed by atoms with van der Waals surface area (Å²) >= 11 is 7.07. The third-order valence-corrected chi connectivity index (χ3v) is 2.86. The normalized spacial score (nSPS) is 22.2. The summed E-state index contributed by atoms with van der Waals surface area (Å²) in [5.41, 5.74) is 0.427. The fourth-order valence-corrected chi connectivity index (χ4v) is 2.02. The minimum absolute atomic E-state index is 0.0584. The van der Waals surface area contributed by atoms with Crippen LogP contribution in [0.3, 0.4) is 0 Å².